The third-order valence-corrected chi connectivity index (χ3v) is 3.19. The van der Waals surface area contributed by atoms with Crippen LogP contribution in [-0.4, -0.2) is 12.6 Å². The molecule has 0 aliphatic heterocycles. The highest BCUT2D eigenvalue weighted by molar-refractivity contribution is 7.11. The third kappa shape index (κ3) is 4.62. The maximum Gasteiger partial charge on any atom is 0.330 e. The second kappa shape index (κ2) is 6.48. The van der Waals surface area contributed by atoms with Crippen LogP contribution in [0, 0.1) is 12.8 Å². The lowest BCUT2D eigenvalue weighted by Crippen LogP contribution is -2.01. The number of thiophene rings is 1. The molecular weight excluding hydrogens is 220 g/mol. The molecule has 88 valence electrons. The number of rotatable bonds is 5. The lowest BCUT2D eigenvalue weighted by molar-refractivity contribution is -0.137. The van der Waals surface area contributed by atoms with E-state index >= 15 is 0 Å². The van der Waals surface area contributed by atoms with Gasteiger partial charge in [0, 0.05) is 15.8 Å². The van der Waals surface area contributed by atoms with Gasteiger partial charge in [0.1, 0.15) is 0 Å². The van der Waals surface area contributed by atoms with Gasteiger partial charge in [0.25, 0.3) is 0 Å². The molecule has 0 saturated heterocycles. The van der Waals surface area contributed by atoms with Crippen molar-refractivity contribution in [2.75, 3.05) is 6.61 Å². The minimum atomic E-state index is -0.253. The van der Waals surface area contributed by atoms with Gasteiger partial charge in [-0.15, -0.1) is 11.3 Å². The molecule has 0 bridgehead atoms. The average molecular weight is 238 g/mol. The fraction of sp³-hybridized carbons (Fsp3) is 0.462. The van der Waals surface area contributed by atoms with Crippen LogP contribution >= 0.6 is 11.3 Å². The van der Waals surface area contributed by atoms with Crippen molar-refractivity contribution < 1.29 is 9.53 Å². The molecule has 1 heterocycles. The highest BCUT2D eigenvalue weighted by Gasteiger charge is 2.03. The molecule has 16 heavy (non-hydrogen) atoms. The Bertz CT molecular complexity index is 366. The van der Waals surface area contributed by atoms with Crippen LogP contribution in [0.25, 0.3) is 0 Å². The molecular formula is C13H18O2S. The van der Waals surface area contributed by atoms with Crippen LogP contribution in [0.5, 0.6) is 0 Å². The van der Waals surface area contributed by atoms with Crippen molar-refractivity contribution in [3.8, 4) is 0 Å². The second-order valence-electron chi connectivity index (χ2n) is 3.80. The average Bonchev–Trinajstić information content (AvgIpc) is 2.61. The summed E-state index contributed by atoms with van der Waals surface area (Å²) in [5.41, 5.74) is 0. The molecule has 0 fully saturated rings. The van der Waals surface area contributed by atoms with Crippen molar-refractivity contribution in [1.29, 1.82) is 0 Å². The van der Waals surface area contributed by atoms with E-state index in [2.05, 4.69) is 26.0 Å². The van der Waals surface area contributed by atoms with Crippen molar-refractivity contribution in [1.82, 2.24) is 0 Å². The van der Waals surface area contributed by atoms with Gasteiger partial charge in [-0.1, -0.05) is 13.0 Å². The summed E-state index contributed by atoms with van der Waals surface area (Å²) in [5, 5.41) is 0. The van der Waals surface area contributed by atoms with Crippen LogP contribution in [-0.2, 0) is 16.0 Å². The molecule has 0 radical (unpaired) electrons. The first-order chi connectivity index (χ1) is 7.61. The minimum absolute atomic E-state index is 0.253. The smallest absolute Gasteiger partial charge is 0.330 e. The van der Waals surface area contributed by atoms with E-state index < -0.39 is 0 Å². The predicted molar refractivity (Wildman–Crippen MR) is 67.7 cm³/mol. The molecule has 0 aliphatic rings. The van der Waals surface area contributed by atoms with Crippen LogP contribution in [0.4, 0.5) is 0 Å². The monoisotopic (exact) mass is 238 g/mol. The molecule has 0 aliphatic carbocycles. The van der Waals surface area contributed by atoms with E-state index in [0.29, 0.717) is 12.5 Å². The molecule has 0 amide bonds. The van der Waals surface area contributed by atoms with Gasteiger partial charge < -0.3 is 4.74 Å². The second-order valence-corrected chi connectivity index (χ2v) is 5.18. The first kappa shape index (κ1) is 13.0. The molecule has 0 saturated carbocycles. The fourth-order valence-corrected chi connectivity index (χ4v) is 2.45. The van der Waals surface area contributed by atoms with E-state index in [1.54, 1.807) is 0 Å². The molecule has 1 unspecified atom stereocenters. The molecule has 0 spiro atoms. The molecule has 0 N–H and O–H groups in total. The zero-order chi connectivity index (χ0) is 12.0. The number of carbonyl (C=O) groups excluding carboxylic acids is 1. The highest BCUT2D eigenvalue weighted by Crippen LogP contribution is 2.19. The van der Waals surface area contributed by atoms with Crippen LogP contribution in [0.15, 0.2) is 24.3 Å². The number of aryl methyl sites for hydroxylation is 1. The van der Waals surface area contributed by atoms with E-state index in [1.807, 2.05) is 24.3 Å². The maximum absolute atomic E-state index is 11.1. The normalized spacial score (nSPS) is 12.9. The Morgan fingerprint density at radius 3 is 2.88 bits per heavy atom. The topological polar surface area (TPSA) is 26.3 Å². The SMILES string of the molecule is CCOC(=O)/C=C/C(C)Cc1ccc(C)s1. The largest absolute Gasteiger partial charge is 0.463 e. The summed E-state index contributed by atoms with van der Waals surface area (Å²) in [6.45, 7) is 6.45. The summed E-state index contributed by atoms with van der Waals surface area (Å²) in [5.74, 6) is 0.110. The Morgan fingerprint density at radius 1 is 1.56 bits per heavy atom. The van der Waals surface area contributed by atoms with Gasteiger partial charge in [0.05, 0.1) is 6.61 Å². The molecule has 1 rings (SSSR count). The number of allylic oxidation sites excluding steroid dienone is 1. The number of ether oxygens (including phenoxy) is 1. The third-order valence-electron chi connectivity index (χ3n) is 2.17. The summed E-state index contributed by atoms with van der Waals surface area (Å²) >= 11 is 1.81. The van der Waals surface area contributed by atoms with E-state index in [9.17, 15) is 4.79 Å². The van der Waals surface area contributed by atoms with E-state index in [1.165, 1.54) is 15.8 Å². The molecule has 2 nitrogen and oxygen atoms in total. The Hall–Kier alpha value is -1.09. The summed E-state index contributed by atoms with van der Waals surface area (Å²) in [6.07, 6.45) is 4.41. The van der Waals surface area contributed by atoms with Crippen molar-refractivity contribution in [2.45, 2.75) is 27.2 Å². The summed E-state index contributed by atoms with van der Waals surface area (Å²) in [7, 11) is 0. The Balaban J connectivity index is 2.41. The number of carbonyl (C=O) groups is 1. The number of esters is 1. The van der Waals surface area contributed by atoms with Gasteiger partial charge in [-0.2, -0.15) is 0 Å². The highest BCUT2D eigenvalue weighted by atomic mass is 32.1. The maximum atomic E-state index is 11.1. The van der Waals surface area contributed by atoms with Gasteiger partial charge in [0.2, 0.25) is 0 Å². The van der Waals surface area contributed by atoms with Crippen LogP contribution < -0.4 is 0 Å². The Kier molecular flexibility index (Phi) is 5.26. The number of hydrogen-bond acceptors (Lipinski definition) is 3. The van der Waals surface area contributed by atoms with Crippen molar-refractivity contribution in [3.05, 3.63) is 34.0 Å². The number of hydrogen-bond donors (Lipinski definition) is 0. The first-order valence-corrected chi connectivity index (χ1v) is 6.33. The van der Waals surface area contributed by atoms with Crippen molar-refractivity contribution >= 4 is 17.3 Å². The molecule has 3 heteroatoms. The van der Waals surface area contributed by atoms with E-state index in [-0.39, 0.29) is 5.97 Å². The minimum Gasteiger partial charge on any atom is -0.463 e. The quantitative estimate of drug-likeness (QED) is 0.581. The predicted octanol–water partition coefficient (Wildman–Crippen LogP) is 3.35. The van der Waals surface area contributed by atoms with E-state index in [4.69, 9.17) is 4.74 Å². The van der Waals surface area contributed by atoms with Gasteiger partial charge in [-0.05, 0) is 38.3 Å². The Morgan fingerprint density at radius 2 is 2.31 bits per heavy atom. The van der Waals surface area contributed by atoms with Gasteiger partial charge >= 0.3 is 5.97 Å². The zero-order valence-electron chi connectivity index (χ0n) is 10.0. The van der Waals surface area contributed by atoms with Gasteiger partial charge in [-0.25, -0.2) is 4.79 Å². The van der Waals surface area contributed by atoms with Gasteiger partial charge in [0.15, 0.2) is 0 Å². The standard InChI is InChI=1S/C13H18O2S/c1-4-15-13(14)8-5-10(2)9-12-7-6-11(3)16-12/h5-8,10H,4,9H2,1-3H3/b8-5+. The van der Waals surface area contributed by atoms with Crippen LogP contribution in [0.3, 0.4) is 0 Å². The first-order valence-electron chi connectivity index (χ1n) is 5.52. The van der Waals surface area contributed by atoms with Crippen LogP contribution in [0.1, 0.15) is 23.6 Å². The summed E-state index contributed by atoms with van der Waals surface area (Å²) in [4.78, 5) is 13.8. The van der Waals surface area contributed by atoms with Crippen molar-refractivity contribution in [3.63, 3.8) is 0 Å². The molecule has 1 atom stereocenters. The molecule has 1 aromatic heterocycles. The molecule has 1 aromatic rings. The lowest BCUT2D eigenvalue weighted by Gasteiger charge is -2.03. The van der Waals surface area contributed by atoms with Crippen molar-refractivity contribution in [2.24, 2.45) is 5.92 Å². The van der Waals surface area contributed by atoms with Gasteiger partial charge in [-0.3, -0.25) is 0 Å². The van der Waals surface area contributed by atoms with Crippen LogP contribution in [0.2, 0.25) is 0 Å². The summed E-state index contributed by atoms with van der Waals surface area (Å²) < 4.78 is 4.82. The summed E-state index contributed by atoms with van der Waals surface area (Å²) in [6, 6.07) is 4.27. The molecule has 0 aromatic carbocycles. The lowest BCUT2D eigenvalue weighted by atomic mass is 10.1. The Labute approximate surface area is 101 Å². The van der Waals surface area contributed by atoms with E-state index in [0.717, 1.165) is 6.42 Å². The zero-order valence-corrected chi connectivity index (χ0v) is 10.8. The fourth-order valence-electron chi connectivity index (χ4n) is 1.41.